The largest absolute Gasteiger partial charge is 0.303 e. The molecule has 1 saturated heterocycles. The molecule has 0 bridgehead atoms. The lowest BCUT2D eigenvalue weighted by Gasteiger charge is -2.28. The zero-order valence-electron chi connectivity index (χ0n) is 10.3. The fraction of sp³-hybridized carbons (Fsp3) is 0.600. The third-order valence-electron chi connectivity index (χ3n) is 4.15. The fourth-order valence-corrected chi connectivity index (χ4v) is 3.72. The number of piperidine rings is 1. The molecule has 2 heteroatoms. The molecule has 0 aromatic heterocycles. The van der Waals surface area contributed by atoms with Gasteiger partial charge in [0.15, 0.2) is 0 Å². The van der Waals surface area contributed by atoms with Crippen LogP contribution in [-0.4, -0.2) is 24.5 Å². The van der Waals surface area contributed by atoms with E-state index in [0.29, 0.717) is 0 Å². The van der Waals surface area contributed by atoms with Crippen LogP contribution in [0.3, 0.4) is 0 Å². The number of halogens is 1. The van der Waals surface area contributed by atoms with Crippen molar-refractivity contribution in [1.29, 1.82) is 0 Å². The summed E-state index contributed by atoms with van der Waals surface area (Å²) in [6, 6.07) is 6.79. The van der Waals surface area contributed by atoms with E-state index in [4.69, 9.17) is 0 Å². The van der Waals surface area contributed by atoms with E-state index in [0.717, 1.165) is 5.92 Å². The summed E-state index contributed by atoms with van der Waals surface area (Å²) >= 11 is 3.57. The minimum absolute atomic E-state index is 0.859. The van der Waals surface area contributed by atoms with Gasteiger partial charge in [0.1, 0.15) is 0 Å². The second kappa shape index (κ2) is 5.11. The summed E-state index contributed by atoms with van der Waals surface area (Å²) in [5.41, 5.74) is 3.15. The lowest BCUT2D eigenvalue weighted by Crippen LogP contribution is -2.34. The molecule has 1 aromatic carbocycles. The zero-order valence-corrected chi connectivity index (χ0v) is 11.9. The highest BCUT2D eigenvalue weighted by molar-refractivity contribution is 9.10. The van der Waals surface area contributed by atoms with Crippen LogP contribution in [0.25, 0.3) is 0 Å². The summed E-state index contributed by atoms with van der Waals surface area (Å²) in [4.78, 5) is 2.68. The third-order valence-corrected chi connectivity index (χ3v) is 4.64. The standard InChI is InChI=1S/C15H20BrN/c16-15-5-4-13-8-12(9-14(13)10-15)11-17-6-2-1-3-7-17/h4-5,10,12H,1-3,6-9,11H2. The van der Waals surface area contributed by atoms with Crippen LogP contribution in [0.4, 0.5) is 0 Å². The first-order valence-electron chi connectivity index (χ1n) is 6.81. The van der Waals surface area contributed by atoms with Gasteiger partial charge >= 0.3 is 0 Å². The van der Waals surface area contributed by atoms with Crippen molar-refractivity contribution in [2.45, 2.75) is 32.1 Å². The molecule has 1 aliphatic heterocycles. The van der Waals surface area contributed by atoms with E-state index in [9.17, 15) is 0 Å². The monoisotopic (exact) mass is 293 g/mol. The zero-order chi connectivity index (χ0) is 11.7. The van der Waals surface area contributed by atoms with Gasteiger partial charge in [0.05, 0.1) is 0 Å². The highest BCUT2D eigenvalue weighted by Crippen LogP contribution is 2.30. The molecule has 92 valence electrons. The number of hydrogen-bond acceptors (Lipinski definition) is 1. The predicted molar refractivity (Wildman–Crippen MR) is 75.3 cm³/mol. The van der Waals surface area contributed by atoms with Crippen LogP contribution in [0.2, 0.25) is 0 Å². The van der Waals surface area contributed by atoms with Crippen LogP contribution in [0.15, 0.2) is 22.7 Å². The molecular weight excluding hydrogens is 274 g/mol. The van der Waals surface area contributed by atoms with Gasteiger partial charge in [-0.05, 0) is 68.0 Å². The van der Waals surface area contributed by atoms with Crippen molar-refractivity contribution >= 4 is 15.9 Å². The fourth-order valence-electron chi connectivity index (χ4n) is 3.31. The van der Waals surface area contributed by atoms with Crippen molar-refractivity contribution in [3.05, 3.63) is 33.8 Å². The lowest BCUT2D eigenvalue weighted by molar-refractivity contribution is 0.198. The lowest BCUT2D eigenvalue weighted by atomic mass is 10.0. The molecule has 0 spiro atoms. The van der Waals surface area contributed by atoms with Gasteiger partial charge in [-0.2, -0.15) is 0 Å². The van der Waals surface area contributed by atoms with E-state index in [1.54, 1.807) is 11.1 Å². The number of fused-ring (bicyclic) bond motifs is 1. The smallest absolute Gasteiger partial charge is 0.0178 e. The van der Waals surface area contributed by atoms with E-state index in [1.165, 1.54) is 56.2 Å². The minimum Gasteiger partial charge on any atom is -0.303 e. The Morgan fingerprint density at radius 3 is 2.65 bits per heavy atom. The maximum absolute atomic E-state index is 3.57. The number of rotatable bonds is 2. The number of nitrogens with zero attached hydrogens (tertiary/aromatic N) is 1. The van der Waals surface area contributed by atoms with Crippen molar-refractivity contribution < 1.29 is 0 Å². The van der Waals surface area contributed by atoms with Crippen molar-refractivity contribution in [3.8, 4) is 0 Å². The van der Waals surface area contributed by atoms with Crippen LogP contribution in [0, 0.1) is 5.92 Å². The summed E-state index contributed by atoms with van der Waals surface area (Å²) in [6.07, 6.45) is 6.83. The summed E-state index contributed by atoms with van der Waals surface area (Å²) in [5.74, 6) is 0.859. The van der Waals surface area contributed by atoms with Gasteiger partial charge in [0, 0.05) is 11.0 Å². The Hall–Kier alpha value is -0.340. The van der Waals surface area contributed by atoms with E-state index in [2.05, 4.69) is 39.0 Å². The minimum atomic E-state index is 0.859. The van der Waals surface area contributed by atoms with Gasteiger partial charge in [0.25, 0.3) is 0 Å². The summed E-state index contributed by atoms with van der Waals surface area (Å²) in [5, 5.41) is 0. The molecule has 1 aromatic rings. The Morgan fingerprint density at radius 2 is 1.82 bits per heavy atom. The molecule has 1 aliphatic carbocycles. The van der Waals surface area contributed by atoms with Gasteiger partial charge in [-0.1, -0.05) is 28.4 Å². The average molecular weight is 294 g/mol. The van der Waals surface area contributed by atoms with Crippen LogP contribution in [-0.2, 0) is 12.8 Å². The quantitative estimate of drug-likeness (QED) is 0.805. The van der Waals surface area contributed by atoms with Gasteiger partial charge in [-0.25, -0.2) is 0 Å². The Labute approximate surface area is 112 Å². The third kappa shape index (κ3) is 2.74. The van der Waals surface area contributed by atoms with Crippen molar-refractivity contribution in [1.82, 2.24) is 4.90 Å². The highest BCUT2D eigenvalue weighted by atomic mass is 79.9. The molecule has 1 atom stereocenters. The summed E-state index contributed by atoms with van der Waals surface area (Å²) in [6.45, 7) is 3.97. The normalized spacial score (nSPS) is 24.9. The van der Waals surface area contributed by atoms with Crippen molar-refractivity contribution in [2.75, 3.05) is 19.6 Å². The van der Waals surface area contributed by atoms with Crippen molar-refractivity contribution in [3.63, 3.8) is 0 Å². The highest BCUT2D eigenvalue weighted by Gasteiger charge is 2.24. The van der Waals surface area contributed by atoms with Gasteiger partial charge in [0.2, 0.25) is 0 Å². The number of likely N-dealkylation sites (tertiary alicyclic amines) is 1. The van der Waals surface area contributed by atoms with Crippen LogP contribution in [0.1, 0.15) is 30.4 Å². The Balaban J connectivity index is 1.61. The number of benzene rings is 1. The summed E-state index contributed by atoms with van der Waals surface area (Å²) < 4.78 is 1.23. The molecule has 1 fully saturated rings. The molecule has 0 N–H and O–H groups in total. The van der Waals surface area contributed by atoms with Crippen molar-refractivity contribution in [2.24, 2.45) is 5.92 Å². The van der Waals surface area contributed by atoms with Gasteiger partial charge in [-0.15, -0.1) is 0 Å². The Morgan fingerprint density at radius 1 is 1.06 bits per heavy atom. The van der Waals surface area contributed by atoms with Gasteiger partial charge in [-0.3, -0.25) is 0 Å². The van der Waals surface area contributed by atoms with Crippen LogP contribution < -0.4 is 0 Å². The molecule has 3 rings (SSSR count). The molecule has 0 radical (unpaired) electrons. The Kier molecular flexibility index (Phi) is 3.53. The SMILES string of the molecule is Brc1ccc2c(c1)CC(CN1CCCCC1)C2. The maximum Gasteiger partial charge on any atom is 0.0178 e. The first-order chi connectivity index (χ1) is 8.31. The number of hydrogen-bond donors (Lipinski definition) is 0. The predicted octanol–water partition coefficient (Wildman–Crippen LogP) is 3.65. The first kappa shape index (κ1) is 11.7. The van der Waals surface area contributed by atoms with E-state index in [-0.39, 0.29) is 0 Å². The molecule has 0 amide bonds. The van der Waals surface area contributed by atoms with Gasteiger partial charge < -0.3 is 4.90 Å². The molecule has 0 saturated carbocycles. The maximum atomic E-state index is 3.57. The Bertz CT molecular complexity index is 396. The van der Waals surface area contributed by atoms with Crippen LogP contribution >= 0.6 is 15.9 Å². The molecule has 2 aliphatic rings. The van der Waals surface area contributed by atoms with Crippen LogP contribution in [0.5, 0.6) is 0 Å². The molecule has 17 heavy (non-hydrogen) atoms. The average Bonchev–Trinajstić information content (AvgIpc) is 2.71. The van der Waals surface area contributed by atoms with E-state index >= 15 is 0 Å². The topological polar surface area (TPSA) is 3.24 Å². The molecular formula is C15H20BrN. The van der Waals surface area contributed by atoms with E-state index in [1.807, 2.05) is 0 Å². The molecule has 1 nitrogen and oxygen atoms in total. The first-order valence-corrected chi connectivity index (χ1v) is 7.60. The molecule has 1 heterocycles. The second-order valence-electron chi connectivity index (χ2n) is 5.55. The van der Waals surface area contributed by atoms with E-state index < -0.39 is 0 Å². The summed E-state index contributed by atoms with van der Waals surface area (Å²) in [7, 11) is 0. The second-order valence-corrected chi connectivity index (χ2v) is 6.46. The molecule has 1 unspecified atom stereocenters.